The van der Waals surface area contributed by atoms with Gasteiger partial charge in [-0.25, -0.2) is 4.98 Å². The number of hydrogen-bond acceptors (Lipinski definition) is 6. The molecule has 2 heterocycles. The highest BCUT2D eigenvalue weighted by molar-refractivity contribution is 7.99. The molecule has 0 atom stereocenters. The van der Waals surface area contributed by atoms with Crippen LogP contribution in [0.4, 0.5) is 8.78 Å². The van der Waals surface area contributed by atoms with Crippen molar-refractivity contribution in [3.05, 3.63) is 64.3 Å². The summed E-state index contributed by atoms with van der Waals surface area (Å²) in [6, 6.07) is 8.01. The van der Waals surface area contributed by atoms with Gasteiger partial charge in [-0.2, -0.15) is 8.78 Å². The lowest BCUT2D eigenvalue weighted by atomic mass is 10.1. The number of rotatable bonds is 10. The highest BCUT2D eigenvalue weighted by Crippen LogP contribution is 2.21. The summed E-state index contributed by atoms with van der Waals surface area (Å²) in [6.07, 6.45) is 2.16. The van der Waals surface area contributed by atoms with Gasteiger partial charge >= 0.3 is 6.61 Å². The number of fused-ring (bicyclic) bond motifs is 1. The summed E-state index contributed by atoms with van der Waals surface area (Å²) in [7, 11) is 0. The minimum Gasteiger partial charge on any atom is -0.435 e. The first kappa shape index (κ1) is 22.0. The Morgan fingerprint density at radius 1 is 1.33 bits per heavy atom. The monoisotopic (exact) mass is 451 g/mol. The van der Waals surface area contributed by atoms with Gasteiger partial charge in [0.15, 0.2) is 5.16 Å². The second kappa shape index (κ2) is 10.4. The standard InChI is InChI=1S/C20H19F2N3O3S2/c1-2-10-25-18(27)15-8-11-29-17(15)24-20(25)30-12-16(26)23-9-7-13-3-5-14(6-4-13)28-19(21)22/h2-6,8,11,19H,1,7,9-10,12H2,(H,23,26). The fourth-order valence-electron chi connectivity index (χ4n) is 2.70. The molecule has 30 heavy (non-hydrogen) atoms. The lowest BCUT2D eigenvalue weighted by Crippen LogP contribution is -2.28. The number of thioether (sulfide) groups is 1. The summed E-state index contributed by atoms with van der Waals surface area (Å²) in [5.74, 6) is 0.0139. The van der Waals surface area contributed by atoms with Gasteiger partial charge in [0.2, 0.25) is 5.91 Å². The number of amides is 1. The third-order valence-corrected chi connectivity index (χ3v) is 5.86. The normalized spacial score (nSPS) is 11.0. The molecule has 0 fully saturated rings. The van der Waals surface area contributed by atoms with Gasteiger partial charge < -0.3 is 10.1 Å². The van der Waals surface area contributed by atoms with Crippen LogP contribution in [0.2, 0.25) is 0 Å². The average Bonchev–Trinajstić information content (AvgIpc) is 3.19. The molecule has 0 aliphatic heterocycles. The van der Waals surface area contributed by atoms with Gasteiger partial charge in [0.25, 0.3) is 5.56 Å². The molecule has 158 valence electrons. The molecule has 0 saturated heterocycles. The quantitative estimate of drug-likeness (QED) is 0.289. The number of nitrogens with zero attached hydrogens (tertiary/aromatic N) is 2. The molecule has 0 aliphatic carbocycles. The van der Waals surface area contributed by atoms with Crippen LogP contribution in [0.1, 0.15) is 5.56 Å². The minimum atomic E-state index is -2.86. The Balaban J connectivity index is 1.53. The molecule has 6 nitrogen and oxygen atoms in total. The summed E-state index contributed by atoms with van der Waals surface area (Å²) in [4.78, 5) is 29.9. The van der Waals surface area contributed by atoms with Crippen molar-refractivity contribution in [2.45, 2.75) is 24.7 Å². The Labute approximate surface area is 179 Å². The number of benzene rings is 1. The van der Waals surface area contributed by atoms with E-state index < -0.39 is 6.61 Å². The summed E-state index contributed by atoms with van der Waals surface area (Å²) in [5.41, 5.74) is 0.734. The van der Waals surface area contributed by atoms with E-state index in [9.17, 15) is 18.4 Å². The van der Waals surface area contributed by atoms with Crippen molar-refractivity contribution in [2.75, 3.05) is 12.3 Å². The van der Waals surface area contributed by atoms with E-state index in [2.05, 4.69) is 21.6 Å². The molecule has 3 rings (SSSR count). The van der Waals surface area contributed by atoms with Crippen molar-refractivity contribution in [1.29, 1.82) is 0 Å². The van der Waals surface area contributed by atoms with Crippen LogP contribution in [-0.2, 0) is 17.8 Å². The topological polar surface area (TPSA) is 73.2 Å². The van der Waals surface area contributed by atoms with E-state index >= 15 is 0 Å². The zero-order chi connectivity index (χ0) is 21.5. The van der Waals surface area contributed by atoms with Crippen LogP contribution >= 0.6 is 23.1 Å². The van der Waals surface area contributed by atoms with Crippen molar-refractivity contribution >= 4 is 39.2 Å². The molecule has 0 saturated carbocycles. The first-order chi connectivity index (χ1) is 14.5. The highest BCUT2D eigenvalue weighted by atomic mass is 32.2. The number of hydrogen-bond donors (Lipinski definition) is 1. The van der Waals surface area contributed by atoms with E-state index in [0.29, 0.717) is 34.9 Å². The molecule has 0 spiro atoms. The molecule has 1 amide bonds. The SMILES string of the molecule is C=CCn1c(SCC(=O)NCCc2ccc(OC(F)F)cc2)nc2sccc2c1=O. The second-order valence-electron chi connectivity index (χ2n) is 6.15. The van der Waals surface area contributed by atoms with Gasteiger partial charge in [0.1, 0.15) is 10.6 Å². The van der Waals surface area contributed by atoms with Crippen molar-refractivity contribution in [3.63, 3.8) is 0 Å². The van der Waals surface area contributed by atoms with Crippen LogP contribution in [-0.4, -0.2) is 34.4 Å². The number of allylic oxidation sites excluding steroid dienone is 1. The van der Waals surface area contributed by atoms with Crippen LogP contribution in [0.5, 0.6) is 5.75 Å². The first-order valence-electron chi connectivity index (χ1n) is 9.00. The molecule has 0 bridgehead atoms. The molecule has 3 aromatic rings. The predicted molar refractivity (Wildman–Crippen MR) is 115 cm³/mol. The van der Waals surface area contributed by atoms with E-state index in [0.717, 1.165) is 5.56 Å². The molecule has 1 N–H and O–H groups in total. The van der Waals surface area contributed by atoms with Crippen LogP contribution in [0.3, 0.4) is 0 Å². The molecular weight excluding hydrogens is 432 g/mol. The molecule has 1 aromatic carbocycles. The maximum atomic E-state index is 12.6. The van der Waals surface area contributed by atoms with Crippen molar-refractivity contribution in [2.24, 2.45) is 0 Å². The fraction of sp³-hybridized carbons (Fsp3) is 0.250. The molecule has 0 aliphatic rings. The Morgan fingerprint density at radius 3 is 2.80 bits per heavy atom. The maximum absolute atomic E-state index is 12.6. The summed E-state index contributed by atoms with van der Waals surface area (Å²) in [5, 5.41) is 5.64. The van der Waals surface area contributed by atoms with Crippen LogP contribution in [0.15, 0.2) is 58.3 Å². The lowest BCUT2D eigenvalue weighted by Gasteiger charge is -2.10. The second-order valence-corrected chi connectivity index (χ2v) is 7.99. The van der Waals surface area contributed by atoms with E-state index in [1.165, 1.54) is 39.8 Å². The Bertz CT molecular complexity index is 1080. The number of ether oxygens (including phenoxy) is 1. The third-order valence-electron chi connectivity index (χ3n) is 4.08. The largest absolute Gasteiger partial charge is 0.435 e. The number of carbonyl (C=O) groups is 1. The van der Waals surface area contributed by atoms with Crippen molar-refractivity contribution in [1.82, 2.24) is 14.9 Å². The van der Waals surface area contributed by atoms with Crippen LogP contribution in [0, 0.1) is 0 Å². The molecule has 0 unspecified atom stereocenters. The summed E-state index contributed by atoms with van der Waals surface area (Å²) >= 11 is 2.57. The van der Waals surface area contributed by atoms with E-state index in [1.807, 2.05) is 5.38 Å². The average molecular weight is 452 g/mol. The minimum absolute atomic E-state index is 0.0926. The van der Waals surface area contributed by atoms with Gasteiger partial charge in [0.05, 0.1) is 11.1 Å². The molecule has 0 radical (unpaired) electrons. The fourth-order valence-corrected chi connectivity index (χ4v) is 4.34. The zero-order valence-corrected chi connectivity index (χ0v) is 17.5. The number of halogens is 2. The van der Waals surface area contributed by atoms with Gasteiger partial charge in [-0.1, -0.05) is 30.0 Å². The van der Waals surface area contributed by atoms with E-state index in [4.69, 9.17) is 0 Å². The number of carbonyl (C=O) groups excluding carboxylic acids is 1. The number of nitrogens with one attached hydrogen (secondary N) is 1. The van der Waals surface area contributed by atoms with Gasteiger partial charge in [-0.3, -0.25) is 14.2 Å². The van der Waals surface area contributed by atoms with Gasteiger partial charge in [0, 0.05) is 13.1 Å². The maximum Gasteiger partial charge on any atom is 0.387 e. The van der Waals surface area contributed by atoms with E-state index in [-0.39, 0.29) is 23.0 Å². The zero-order valence-electron chi connectivity index (χ0n) is 15.8. The van der Waals surface area contributed by atoms with E-state index in [1.54, 1.807) is 24.3 Å². The molecule has 10 heteroatoms. The number of aromatic nitrogens is 2. The smallest absolute Gasteiger partial charge is 0.387 e. The number of thiophene rings is 1. The molecule has 2 aromatic heterocycles. The lowest BCUT2D eigenvalue weighted by molar-refractivity contribution is -0.118. The Morgan fingerprint density at radius 2 is 2.10 bits per heavy atom. The third kappa shape index (κ3) is 5.67. The highest BCUT2D eigenvalue weighted by Gasteiger charge is 2.13. The summed E-state index contributed by atoms with van der Waals surface area (Å²) < 4.78 is 30.1. The predicted octanol–water partition coefficient (Wildman–Crippen LogP) is 3.70. The summed E-state index contributed by atoms with van der Waals surface area (Å²) in [6.45, 7) is 1.52. The molecular formula is C20H19F2N3O3S2. The number of alkyl halides is 2. The van der Waals surface area contributed by atoms with Gasteiger partial charge in [-0.05, 0) is 35.6 Å². The van der Waals surface area contributed by atoms with Gasteiger partial charge in [-0.15, -0.1) is 17.9 Å². The Kier molecular flexibility index (Phi) is 7.58. The van der Waals surface area contributed by atoms with Crippen molar-refractivity contribution in [3.8, 4) is 5.75 Å². The first-order valence-corrected chi connectivity index (χ1v) is 10.9. The van der Waals surface area contributed by atoms with Crippen LogP contribution in [0.25, 0.3) is 10.2 Å². The van der Waals surface area contributed by atoms with Crippen LogP contribution < -0.4 is 15.6 Å². The Hall–Kier alpha value is -2.72. The van der Waals surface area contributed by atoms with Crippen molar-refractivity contribution < 1.29 is 18.3 Å².